The van der Waals surface area contributed by atoms with E-state index in [2.05, 4.69) is 36.1 Å². The van der Waals surface area contributed by atoms with Gasteiger partial charge in [0, 0.05) is 93.1 Å². The van der Waals surface area contributed by atoms with Crippen molar-refractivity contribution in [1.82, 2.24) is 34.9 Å². The molecule has 3 saturated heterocycles. The number of methoxy groups -OCH3 is 1. The van der Waals surface area contributed by atoms with Gasteiger partial charge in [-0.05, 0) is 151 Å². The van der Waals surface area contributed by atoms with Gasteiger partial charge in [-0.25, -0.2) is 14.4 Å². The Morgan fingerprint density at radius 1 is 0.806 bits per heavy atom. The highest BCUT2D eigenvalue weighted by atomic mass is 35.5. The van der Waals surface area contributed by atoms with E-state index >= 15 is 0 Å². The molecule has 11 rings (SSSR count). The number of aromatic carboxylic acids is 1. The molecular formula is C65H81B2ClN8O17. The fourth-order valence-corrected chi connectivity index (χ4v) is 13.2. The molecule has 3 saturated carbocycles. The number of aryl methyl sites for hydroxylation is 2. The molecule has 4 aromatic rings. The lowest BCUT2D eigenvalue weighted by molar-refractivity contribution is -0.199. The zero-order chi connectivity index (χ0) is 68.2. The molecule has 2 aromatic heterocycles. The molecule has 0 spiro atoms. The van der Waals surface area contributed by atoms with Gasteiger partial charge in [-0.3, -0.25) is 53.3 Å². The molecule has 5 N–H and O–H groups in total. The Bertz CT molecular complexity index is 3540. The van der Waals surface area contributed by atoms with Gasteiger partial charge in [0.05, 0.1) is 30.4 Å². The van der Waals surface area contributed by atoms with Crippen molar-refractivity contribution in [2.75, 3.05) is 46.4 Å². The second-order valence-electron chi connectivity index (χ2n) is 26.0. The molecule has 7 aliphatic rings. The minimum absolute atomic E-state index is 0.0187. The maximum absolute atomic E-state index is 13.7. The molecule has 0 radical (unpaired) electrons. The van der Waals surface area contributed by atoms with Crippen LogP contribution in [0.4, 0.5) is 9.59 Å². The number of pyridine rings is 2. The summed E-state index contributed by atoms with van der Waals surface area (Å²) in [5.41, 5.74) is 9.71. The van der Waals surface area contributed by atoms with Crippen LogP contribution >= 0.6 is 11.6 Å². The van der Waals surface area contributed by atoms with Gasteiger partial charge >= 0.3 is 61.2 Å². The van der Waals surface area contributed by atoms with Gasteiger partial charge in [-0.15, -0.1) is 0 Å². The second kappa shape index (κ2) is 29.0. The van der Waals surface area contributed by atoms with E-state index in [0.717, 1.165) is 33.9 Å². The number of carboxylic acids is 1. The van der Waals surface area contributed by atoms with Gasteiger partial charge in [-0.1, -0.05) is 50.2 Å². The van der Waals surface area contributed by atoms with Crippen molar-refractivity contribution in [2.24, 2.45) is 23.0 Å². The van der Waals surface area contributed by atoms with E-state index in [9.17, 15) is 58.1 Å². The molecule has 93 heavy (non-hydrogen) atoms. The molecule has 2 bridgehead atoms. The van der Waals surface area contributed by atoms with Gasteiger partial charge in [0.25, 0.3) is 0 Å². The Balaban J connectivity index is 0.000000201. The fraction of sp³-hybridized carbons (Fsp3) is 0.508. The average molecular weight is 1300 g/mol. The van der Waals surface area contributed by atoms with Gasteiger partial charge < -0.3 is 54.4 Å². The number of piperazine rings is 2. The van der Waals surface area contributed by atoms with Crippen molar-refractivity contribution in [2.45, 2.75) is 149 Å². The number of nitrogens with two attached hydrogens (primary N) is 1. The first-order valence-electron chi connectivity index (χ1n) is 31.1. The van der Waals surface area contributed by atoms with Crippen molar-refractivity contribution < 1.29 is 81.5 Å². The van der Waals surface area contributed by atoms with Crippen LogP contribution in [0, 0.1) is 31.1 Å². The lowest BCUT2D eigenvalue weighted by Gasteiger charge is -2.64. The minimum Gasteiger partial charge on any atom is -0.535 e. The van der Waals surface area contributed by atoms with Gasteiger partial charge in [0.15, 0.2) is 11.6 Å². The van der Waals surface area contributed by atoms with Crippen molar-refractivity contribution in [1.29, 1.82) is 0 Å². The first kappa shape index (κ1) is 70.8. The van der Waals surface area contributed by atoms with Crippen molar-refractivity contribution in [3.63, 3.8) is 0 Å². The molecular weight excluding hydrogens is 1220 g/mol. The molecule has 6 heterocycles. The number of urea groups is 1. The maximum atomic E-state index is 13.7. The Hall–Kier alpha value is -8.10. The van der Waals surface area contributed by atoms with Gasteiger partial charge in [0.1, 0.15) is 28.7 Å². The summed E-state index contributed by atoms with van der Waals surface area (Å²) in [6, 6.07) is 14.1. The Morgan fingerprint density at radius 3 is 1.96 bits per heavy atom. The van der Waals surface area contributed by atoms with E-state index in [-0.39, 0.29) is 73.3 Å². The Kier molecular flexibility index (Phi) is 22.1. The number of carbonyl (C=O) groups is 10. The number of imide groups is 2. The molecule has 3 unspecified atom stereocenters. The van der Waals surface area contributed by atoms with Crippen molar-refractivity contribution in [3.05, 3.63) is 118 Å². The van der Waals surface area contributed by atoms with E-state index in [1.54, 1.807) is 64.4 Å². The number of nitrogens with zero attached hydrogens (tertiary/aromatic N) is 6. The molecule has 2 aromatic carbocycles. The largest absolute Gasteiger partial charge is 0.535 e. The van der Waals surface area contributed by atoms with E-state index in [4.69, 9.17) is 40.8 Å². The highest BCUT2D eigenvalue weighted by Crippen LogP contribution is 2.66. The zero-order valence-electron chi connectivity index (χ0n) is 54.3. The lowest BCUT2D eigenvalue weighted by atomic mass is 9.43. The second-order valence-corrected chi connectivity index (χ2v) is 26.3. The number of para-hydroxylation sites is 2. The molecule has 496 valence electrons. The summed E-state index contributed by atoms with van der Waals surface area (Å²) in [5, 5.41) is 21.7. The summed E-state index contributed by atoms with van der Waals surface area (Å²) >= 11 is 5.10. The molecule has 4 aliphatic heterocycles. The van der Waals surface area contributed by atoms with Crippen molar-refractivity contribution >= 4 is 84.4 Å². The van der Waals surface area contributed by atoms with Crippen LogP contribution in [0.2, 0.25) is 11.6 Å². The number of ketones is 2. The number of esters is 1. The number of hydrogen-bond donors (Lipinski definition) is 4. The summed E-state index contributed by atoms with van der Waals surface area (Å²) in [6.07, 6.45) is 5.63. The zero-order valence-corrected chi connectivity index (χ0v) is 55.0. The third-order valence-electron chi connectivity index (χ3n) is 18.5. The minimum atomic E-state index is -1.46. The number of hydrogen-bond acceptors (Lipinski definition) is 19. The SMILES string of the molecule is CCN1CCN(C(=O)Cl)C(=O)C1=O.CCN1CCN(C(=O)NC(C(=O)C[C@H]2Cc3cccc(C(=O)O)c3OB2O)c2ccc(C)nc2)C(=O)C1=O.COc1c(C[C@H](CC(=O)C(N)c2ccc(C)nc2)B2OC3C[C@H]4C[C@@H](C4(C)C)[C@]3(C)O2)cccc1C(=O)OC(C)(C)C. The van der Waals surface area contributed by atoms with E-state index in [0.29, 0.717) is 71.6 Å². The highest BCUT2D eigenvalue weighted by Gasteiger charge is 2.68. The number of carboxylic acid groups (broad SMARTS) is 1. The number of halogens is 1. The summed E-state index contributed by atoms with van der Waals surface area (Å²) in [6.45, 7) is 21.0. The maximum Gasteiger partial charge on any atom is 0.526 e. The van der Waals surface area contributed by atoms with Crippen LogP contribution in [0.5, 0.6) is 11.5 Å². The van der Waals surface area contributed by atoms with Gasteiger partial charge in [0.2, 0.25) is 0 Å². The van der Waals surface area contributed by atoms with Crippen LogP contribution in [-0.4, -0.2) is 176 Å². The Labute approximate surface area is 546 Å². The number of Topliss-reactive ketones (excluding diaryl/α,β-unsaturated/α-hetero) is 2. The molecule has 25 nitrogen and oxygen atoms in total. The number of ether oxygens (including phenoxy) is 2. The summed E-state index contributed by atoms with van der Waals surface area (Å²) in [4.78, 5) is 135. The smallest absolute Gasteiger partial charge is 0.526 e. The highest BCUT2D eigenvalue weighted by molar-refractivity contribution is 6.65. The van der Waals surface area contributed by atoms with E-state index in [1.807, 2.05) is 52.0 Å². The third-order valence-corrected chi connectivity index (χ3v) is 18.7. The third kappa shape index (κ3) is 15.6. The first-order valence-corrected chi connectivity index (χ1v) is 31.5. The molecule has 3 aliphatic carbocycles. The number of amides is 7. The van der Waals surface area contributed by atoms with E-state index in [1.165, 1.54) is 22.1 Å². The van der Waals surface area contributed by atoms with Crippen LogP contribution in [0.3, 0.4) is 0 Å². The number of likely N-dealkylation sites (N-methyl/N-ethyl adjacent to an activating group) is 2. The molecule has 8 atom stereocenters. The average Bonchev–Trinajstić information content (AvgIpc) is 1.62. The predicted molar refractivity (Wildman–Crippen MR) is 340 cm³/mol. The van der Waals surface area contributed by atoms with Crippen LogP contribution in [0.25, 0.3) is 0 Å². The molecule has 6 fully saturated rings. The topological polar surface area (TPSA) is 334 Å². The quantitative estimate of drug-likeness (QED) is 0.0282. The lowest BCUT2D eigenvalue weighted by Crippen LogP contribution is -2.65. The standard InChI is InChI=1S/C33H45BN2O6.C25H27BN4O8.C7H9ClN2O3/c1-19-12-13-21(18-36-19)28(35)25(37)17-23(34-41-27-16-22-15-26(32(22,5)6)33(27,7)42-34)14-20-10-9-11-24(29(20)39-8)30(38)40-31(2,3)4;1-3-29-9-10-30(23(33)22(29)32)25(36)28-20(16-8-7-14(2)27-13-16)19(31)12-17-11-15-5-4-6-18(24(34)35)21(15)38-26(17)37;1-2-9-3-4-10(7(8)13)6(12)5(9)11/h9-13,18,22-23,26-28H,14-17,35H2,1-8H3;4-8,13,17,20,37H,3,9-12H2,1-2H3,(H,28,36)(H,34,35);2-4H2,1H3/t22-,23-,26+,27?,28?,33+;17-,20?;/m11./s1. The predicted octanol–water partition coefficient (Wildman–Crippen LogP) is 6.66. The number of rotatable bonds is 17. The normalized spacial score (nSPS) is 22.3. The summed E-state index contributed by atoms with van der Waals surface area (Å²) < 4.78 is 30.4. The van der Waals surface area contributed by atoms with Crippen LogP contribution in [0.15, 0.2) is 73.1 Å². The van der Waals surface area contributed by atoms with Crippen LogP contribution in [0.1, 0.15) is 148 Å². The summed E-state index contributed by atoms with van der Waals surface area (Å²) in [5.74, 6) is -5.15. The fourth-order valence-electron chi connectivity index (χ4n) is 13.1. The number of fused-ring (bicyclic) bond motifs is 1. The number of carbonyl (C=O) groups excluding carboxylic acids is 9. The Morgan fingerprint density at radius 2 is 1.40 bits per heavy atom. The van der Waals surface area contributed by atoms with Crippen molar-refractivity contribution in [3.8, 4) is 11.5 Å². The van der Waals surface area contributed by atoms with Crippen LogP contribution < -0.4 is 20.4 Å². The van der Waals surface area contributed by atoms with E-state index < -0.39 is 96.1 Å². The number of nitrogens with one attached hydrogen (secondary N) is 1. The van der Waals surface area contributed by atoms with Gasteiger partial charge in [-0.2, -0.15) is 0 Å². The molecule has 7 amide bonds. The molecule has 28 heteroatoms. The number of aromatic nitrogens is 2. The van der Waals surface area contributed by atoms with Crippen LogP contribution in [-0.2, 0) is 55.7 Å². The monoisotopic (exact) mass is 1300 g/mol. The number of benzene rings is 2. The summed E-state index contributed by atoms with van der Waals surface area (Å²) in [7, 11) is -0.515. The first-order chi connectivity index (χ1) is 43.8.